The van der Waals surface area contributed by atoms with E-state index in [2.05, 4.69) is 0 Å². The van der Waals surface area contributed by atoms with Crippen molar-refractivity contribution in [2.24, 2.45) is 5.73 Å². The van der Waals surface area contributed by atoms with Crippen LogP contribution in [-0.4, -0.2) is 28.9 Å². The van der Waals surface area contributed by atoms with Gasteiger partial charge in [-0.25, -0.2) is 4.39 Å². The Labute approximate surface area is 105 Å². The summed E-state index contributed by atoms with van der Waals surface area (Å²) in [5, 5.41) is 0. The molecular formula is C12H15FN2OS. The lowest BCUT2D eigenvalue weighted by molar-refractivity contribution is -0.129. The number of benzene rings is 1. The number of amides is 1. The van der Waals surface area contributed by atoms with Crippen molar-refractivity contribution in [3.63, 3.8) is 0 Å². The average molecular weight is 254 g/mol. The molecule has 0 aliphatic heterocycles. The topological polar surface area (TPSA) is 46.3 Å². The van der Waals surface area contributed by atoms with E-state index in [9.17, 15) is 9.18 Å². The first-order valence-electron chi connectivity index (χ1n) is 5.22. The van der Waals surface area contributed by atoms with Gasteiger partial charge in [-0.15, -0.1) is 0 Å². The zero-order valence-corrected chi connectivity index (χ0v) is 10.6. The van der Waals surface area contributed by atoms with Crippen LogP contribution < -0.4 is 5.73 Å². The Morgan fingerprint density at radius 3 is 2.65 bits per heavy atom. The number of hydrogen-bond donors (Lipinski definition) is 1. The molecule has 92 valence electrons. The Morgan fingerprint density at radius 2 is 2.12 bits per heavy atom. The molecule has 0 aliphatic carbocycles. The Bertz CT molecular complexity index is 436. The van der Waals surface area contributed by atoms with Crippen LogP contribution in [0.2, 0.25) is 0 Å². The number of hydrogen-bond acceptors (Lipinski definition) is 2. The van der Waals surface area contributed by atoms with Crippen molar-refractivity contribution < 1.29 is 9.18 Å². The molecule has 0 fully saturated rings. The summed E-state index contributed by atoms with van der Waals surface area (Å²) in [5.41, 5.74) is 5.84. The van der Waals surface area contributed by atoms with Gasteiger partial charge in [-0.05, 0) is 18.6 Å². The summed E-state index contributed by atoms with van der Waals surface area (Å²) >= 11 is 4.81. The predicted octanol–water partition coefficient (Wildman–Crippen LogP) is 1.50. The van der Waals surface area contributed by atoms with Gasteiger partial charge in [-0.2, -0.15) is 0 Å². The van der Waals surface area contributed by atoms with Crippen LogP contribution in [-0.2, 0) is 11.2 Å². The molecule has 0 aliphatic rings. The van der Waals surface area contributed by atoms with Gasteiger partial charge in [-0.1, -0.05) is 30.4 Å². The quantitative estimate of drug-likeness (QED) is 0.828. The van der Waals surface area contributed by atoms with Gasteiger partial charge in [0.05, 0.1) is 17.5 Å². The van der Waals surface area contributed by atoms with Crippen molar-refractivity contribution in [3.8, 4) is 0 Å². The van der Waals surface area contributed by atoms with Gasteiger partial charge in [0, 0.05) is 7.05 Å². The highest BCUT2D eigenvalue weighted by molar-refractivity contribution is 7.80. The van der Waals surface area contributed by atoms with E-state index in [0.29, 0.717) is 5.56 Å². The molecule has 1 amide bonds. The number of nitrogens with zero attached hydrogens (tertiary/aromatic N) is 1. The fourth-order valence-corrected chi connectivity index (χ4v) is 1.49. The van der Waals surface area contributed by atoms with Crippen LogP contribution in [0.3, 0.4) is 0 Å². The molecule has 0 spiro atoms. The Hall–Kier alpha value is -1.49. The third-order valence-electron chi connectivity index (χ3n) is 2.69. The number of thiocarbonyl (C=S) groups is 1. The maximum absolute atomic E-state index is 13.4. The third-order valence-corrected chi connectivity index (χ3v) is 3.03. The van der Waals surface area contributed by atoms with E-state index in [4.69, 9.17) is 18.0 Å². The highest BCUT2D eigenvalue weighted by Gasteiger charge is 2.18. The third kappa shape index (κ3) is 3.49. The van der Waals surface area contributed by atoms with Crippen molar-refractivity contribution in [3.05, 3.63) is 35.6 Å². The number of carbonyl (C=O) groups excluding carboxylic acids is 1. The first-order valence-corrected chi connectivity index (χ1v) is 5.62. The summed E-state index contributed by atoms with van der Waals surface area (Å²) < 4.78 is 13.4. The second-order valence-corrected chi connectivity index (χ2v) is 4.32. The van der Waals surface area contributed by atoms with Gasteiger partial charge in [0.1, 0.15) is 5.82 Å². The van der Waals surface area contributed by atoms with E-state index in [1.54, 1.807) is 32.2 Å². The van der Waals surface area contributed by atoms with Crippen molar-refractivity contribution >= 4 is 23.1 Å². The Morgan fingerprint density at radius 1 is 1.53 bits per heavy atom. The molecule has 1 unspecified atom stereocenters. The zero-order chi connectivity index (χ0) is 13.0. The molecule has 1 aromatic rings. The second-order valence-electron chi connectivity index (χ2n) is 3.85. The molecule has 1 atom stereocenters. The average Bonchev–Trinajstić information content (AvgIpc) is 2.30. The van der Waals surface area contributed by atoms with Crippen molar-refractivity contribution in [1.82, 2.24) is 4.90 Å². The lowest BCUT2D eigenvalue weighted by atomic mass is 10.1. The second kappa shape index (κ2) is 5.72. The van der Waals surface area contributed by atoms with Crippen molar-refractivity contribution in [2.45, 2.75) is 19.4 Å². The Balaban J connectivity index is 2.73. The first kappa shape index (κ1) is 13.6. The molecule has 0 saturated carbocycles. The summed E-state index contributed by atoms with van der Waals surface area (Å²) in [5.74, 6) is -0.590. The van der Waals surface area contributed by atoms with Crippen molar-refractivity contribution in [2.75, 3.05) is 7.05 Å². The van der Waals surface area contributed by atoms with Gasteiger partial charge in [-0.3, -0.25) is 4.79 Å². The number of rotatable bonds is 4. The number of halogens is 1. The lowest BCUT2D eigenvalue weighted by Gasteiger charge is -2.24. The highest BCUT2D eigenvalue weighted by atomic mass is 32.1. The van der Waals surface area contributed by atoms with E-state index in [-0.39, 0.29) is 29.2 Å². The molecular weight excluding hydrogens is 239 g/mol. The van der Waals surface area contributed by atoms with E-state index >= 15 is 0 Å². The standard InChI is InChI=1S/C12H15FN2OS/c1-8(12(14)17)15(2)11(16)7-9-5-3-4-6-10(9)13/h3-6,8H,7H2,1-2H3,(H2,14,17). The van der Waals surface area contributed by atoms with Crippen LogP contribution in [0, 0.1) is 5.82 Å². The molecule has 0 radical (unpaired) electrons. The fraction of sp³-hybridized carbons (Fsp3) is 0.333. The van der Waals surface area contributed by atoms with Crippen LogP contribution in [0.4, 0.5) is 4.39 Å². The minimum atomic E-state index is -0.378. The molecule has 0 bridgehead atoms. The van der Waals surface area contributed by atoms with E-state index < -0.39 is 0 Å². The minimum absolute atomic E-state index is 0.0100. The molecule has 5 heteroatoms. The Kier molecular flexibility index (Phi) is 4.57. The zero-order valence-electron chi connectivity index (χ0n) is 9.81. The van der Waals surface area contributed by atoms with Crippen LogP contribution >= 0.6 is 12.2 Å². The molecule has 2 N–H and O–H groups in total. The van der Waals surface area contributed by atoms with E-state index in [1.165, 1.54) is 11.0 Å². The molecule has 1 aromatic carbocycles. The molecule has 0 saturated heterocycles. The van der Waals surface area contributed by atoms with Gasteiger partial charge in [0.2, 0.25) is 5.91 Å². The SMILES string of the molecule is CC(C(N)=S)N(C)C(=O)Cc1ccccc1F. The summed E-state index contributed by atoms with van der Waals surface area (Å²) in [6.45, 7) is 1.74. The minimum Gasteiger partial charge on any atom is -0.392 e. The number of likely N-dealkylation sites (N-methyl/N-ethyl adjacent to an activating group) is 1. The van der Waals surface area contributed by atoms with Gasteiger partial charge >= 0.3 is 0 Å². The van der Waals surface area contributed by atoms with E-state index in [1.807, 2.05) is 0 Å². The summed E-state index contributed by atoms with van der Waals surface area (Å²) in [7, 11) is 1.60. The van der Waals surface area contributed by atoms with Crippen LogP contribution in [0.15, 0.2) is 24.3 Å². The lowest BCUT2D eigenvalue weighted by Crippen LogP contribution is -2.43. The van der Waals surface area contributed by atoms with Crippen LogP contribution in [0.25, 0.3) is 0 Å². The van der Waals surface area contributed by atoms with Crippen LogP contribution in [0.1, 0.15) is 12.5 Å². The van der Waals surface area contributed by atoms with E-state index in [0.717, 1.165) is 0 Å². The predicted molar refractivity (Wildman–Crippen MR) is 69.1 cm³/mol. The summed E-state index contributed by atoms with van der Waals surface area (Å²) in [6.07, 6.45) is 0.0100. The summed E-state index contributed by atoms with van der Waals surface area (Å²) in [4.78, 5) is 13.5. The van der Waals surface area contributed by atoms with Crippen molar-refractivity contribution in [1.29, 1.82) is 0 Å². The first-order chi connectivity index (χ1) is 7.93. The maximum atomic E-state index is 13.4. The monoisotopic (exact) mass is 254 g/mol. The number of nitrogens with two attached hydrogens (primary N) is 1. The molecule has 1 rings (SSSR count). The normalized spacial score (nSPS) is 11.9. The molecule has 0 heterocycles. The van der Waals surface area contributed by atoms with Gasteiger partial charge in [0.25, 0.3) is 0 Å². The largest absolute Gasteiger partial charge is 0.392 e. The molecule has 0 aromatic heterocycles. The van der Waals surface area contributed by atoms with Gasteiger partial charge < -0.3 is 10.6 Å². The molecule has 17 heavy (non-hydrogen) atoms. The molecule has 3 nitrogen and oxygen atoms in total. The number of carbonyl (C=O) groups is 1. The smallest absolute Gasteiger partial charge is 0.227 e. The fourth-order valence-electron chi connectivity index (χ4n) is 1.34. The van der Waals surface area contributed by atoms with Crippen LogP contribution in [0.5, 0.6) is 0 Å². The summed E-state index contributed by atoms with van der Waals surface area (Å²) in [6, 6.07) is 5.88. The van der Waals surface area contributed by atoms with Gasteiger partial charge in [0.15, 0.2) is 0 Å². The maximum Gasteiger partial charge on any atom is 0.227 e. The highest BCUT2D eigenvalue weighted by Crippen LogP contribution is 2.09.